The highest BCUT2D eigenvalue weighted by Gasteiger charge is 2.16. The van der Waals surface area contributed by atoms with Crippen molar-refractivity contribution >= 4 is 27.5 Å². The number of hydrogen-bond donors (Lipinski definition) is 2. The third-order valence-corrected chi connectivity index (χ3v) is 3.04. The van der Waals surface area contributed by atoms with Gasteiger partial charge in [-0.05, 0) is 41.4 Å². The van der Waals surface area contributed by atoms with E-state index in [1.807, 2.05) is 19.9 Å². The van der Waals surface area contributed by atoms with Gasteiger partial charge in [-0.15, -0.1) is 0 Å². The zero-order chi connectivity index (χ0) is 12.8. The molecule has 1 aromatic heterocycles. The summed E-state index contributed by atoms with van der Waals surface area (Å²) < 4.78 is 0.761. The largest absolute Gasteiger partial charge is 0.330 e. The fourth-order valence-corrected chi connectivity index (χ4v) is 2.00. The minimum Gasteiger partial charge on any atom is -0.330 e. The molecule has 0 aliphatic carbocycles. The van der Waals surface area contributed by atoms with Crippen molar-refractivity contribution < 1.29 is 4.79 Å². The van der Waals surface area contributed by atoms with Crippen LogP contribution >= 0.6 is 15.9 Å². The number of hydrogen-bond acceptors (Lipinski definition) is 3. The van der Waals surface area contributed by atoms with E-state index in [2.05, 4.69) is 26.2 Å². The maximum atomic E-state index is 11.9. The molecule has 0 saturated carbocycles. The average Bonchev–Trinajstić information content (AvgIpc) is 2.29. The smallest absolute Gasteiger partial charge is 0.228 e. The lowest BCUT2D eigenvalue weighted by molar-refractivity contribution is -0.119. The molecule has 0 bridgehead atoms. The molecule has 0 spiro atoms. The normalized spacial score (nSPS) is 12.2. The van der Waals surface area contributed by atoms with Gasteiger partial charge in [0.1, 0.15) is 4.60 Å². The van der Waals surface area contributed by atoms with Crippen LogP contribution in [-0.2, 0) is 4.79 Å². The quantitative estimate of drug-likeness (QED) is 0.821. The molecule has 17 heavy (non-hydrogen) atoms. The van der Waals surface area contributed by atoms with Crippen molar-refractivity contribution in [2.24, 2.45) is 11.7 Å². The minimum atomic E-state index is -0.122. The number of nitrogens with zero attached hydrogens (tertiary/aromatic N) is 1. The first kappa shape index (κ1) is 14.1. The summed E-state index contributed by atoms with van der Waals surface area (Å²) in [5, 5.41) is 2.87. The van der Waals surface area contributed by atoms with E-state index >= 15 is 0 Å². The van der Waals surface area contributed by atoms with Crippen molar-refractivity contribution in [3.05, 3.63) is 22.4 Å². The zero-order valence-corrected chi connectivity index (χ0v) is 11.8. The molecule has 3 N–H and O–H groups in total. The SMILES string of the molecule is CCCC(CN)C(=O)Nc1ccc(Br)nc1C. The Balaban J connectivity index is 2.73. The molecule has 0 aliphatic rings. The Hall–Kier alpha value is -0.940. The van der Waals surface area contributed by atoms with Gasteiger partial charge in [-0.25, -0.2) is 4.98 Å². The Kier molecular flexibility index (Phi) is 5.58. The molecular weight excluding hydrogens is 282 g/mol. The topological polar surface area (TPSA) is 68.0 Å². The number of amides is 1. The molecule has 0 aromatic carbocycles. The number of pyridine rings is 1. The Morgan fingerprint density at radius 3 is 2.82 bits per heavy atom. The first-order chi connectivity index (χ1) is 8.08. The van der Waals surface area contributed by atoms with E-state index in [0.717, 1.165) is 28.8 Å². The van der Waals surface area contributed by atoms with Crippen molar-refractivity contribution in [1.82, 2.24) is 4.98 Å². The predicted octanol–water partition coefficient (Wildman–Crippen LogP) is 2.47. The third-order valence-electron chi connectivity index (χ3n) is 2.60. The molecule has 1 rings (SSSR count). The lowest BCUT2D eigenvalue weighted by Crippen LogP contribution is -2.29. The van der Waals surface area contributed by atoms with Crippen LogP contribution in [0.5, 0.6) is 0 Å². The number of aryl methyl sites for hydroxylation is 1. The molecule has 0 saturated heterocycles. The van der Waals surface area contributed by atoms with E-state index in [1.165, 1.54) is 0 Å². The van der Waals surface area contributed by atoms with Gasteiger partial charge in [-0.2, -0.15) is 0 Å². The van der Waals surface area contributed by atoms with Crippen LogP contribution in [0.1, 0.15) is 25.5 Å². The molecule has 1 atom stereocenters. The van der Waals surface area contributed by atoms with Crippen LogP contribution in [0.2, 0.25) is 0 Å². The number of rotatable bonds is 5. The molecular formula is C12H18BrN3O. The van der Waals surface area contributed by atoms with Gasteiger partial charge in [-0.3, -0.25) is 4.79 Å². The summed E-state index contributed by atoms with van der Waals surface area (Å²) in [6.45, 7) is 4.28. The fourth-order valence-electron chi connectivity index (χ4n) is 1.60. The lowest BCUT2D eigenvalue weighted by Gasteiger charge is -2.14. The standard InChI is InChI=1S/C12H18BrN3O/c1-3-4-9(7-14)12(17)16-10-5-6-11(13)15-8(10)2/h5-6,9H,3-4,7,14H2,1-2H3,(H,16,17). The van der Waals surface area contributed by atoms with Crippen LogP contribution in [0, 0.1) is 12.8 Å². The van der Waals surface area contributed by atoms with Crippen LogP contribution < -0.4 is 11.1 Å². The summed E-state index contributed by atoms with van der Waals surface area (Å²) in [7, 11) is 0. The van der Waals surface area contributed by atoms with Gasteiger partial charge in [0.05, 0.1) is 17.3 Å². The van der Waals surface area contributed by atoms with E-state index < -0.39 is 0 Å². The van der Waals surface area contributed by atoms with Crippen LogP contribution in [0.3, 0.4) is 0 Å². The first-order valence-electron chi connectivity index (χ1n) is 5.72. The number of halogens is 1. The second kappa shape index (κ2) is 6.71. The predicted molar refractivity (Wildman–Crippen MR) is 72.8 cm³/mol. The molecule has 1 heterocycles. The summed E-state index contributed by atoms with van der Waals surface area (Å²) in [4.78, 5) is 16.2. The summed E-state index contributed by atoms with van der Waals surface area (Å²) in [5.74, 6) is -0.149. The highest BCUT2D eigenvalue weighted by atomic mass is 79.9. The van der Waals surface area contributed by atoms with Gasteiger partial charge in [0.25, 0.3) is 0 Å². The lowest BCUT2D eigenvalue weighted by atomic mass is 10.0. The fraction of sp³-hybridized carbons (Fsp3) is 0.500. The van der Waals surface area contributed by atoms with Gasteiger partial charge in [0.15, 0.2) is 0 Å². The van der Waals surface area contributed by atoms with E-state index in [4.69, 9.17) is 5.73 Å². The molecule has 0 aliphatic heterocycles. The molecule has 4 nitrogen and oxygen atoms in total. The van der Waals surface area contributed by atoms with E-state index in [0.29, 0.717) is 6.54 Å². The van der Waals surface area contributed by atoms with Crippen molar-refractivity contribution in [2.45, 2.75) is 26.7 Å². The monoisotopic (exact) mass is 299 g/mol. The molecule has 1 amide bonds. The Labute approximate surface area is 110 Å². The van der Waals surface area contributed by atoms with Gasteiger partial charge >= 0.3 is 0 Å². The van der Waals surface area contributed by atoms with Crippen molar-refractivity contribution in [1.29, 1.82) is 0 Å². The second-order valence-corrected chi connectivity index (χ2v) is 4.79. The molecule has 94 valence electrons. The van der Waals surface area contributed by atoms with Crippen molar-refractivity contribution in [2.75, 3.05) is 11.9 Å². The maximum Gasteiger partial charge on any atom is 0.228 e. The molecule has 0 radical (unpaired) electrons. The number of anilines is 1. The van der Waals surface area contributed by atoms with E-state index in [-0.39, 0.29) is 11.8 Å². The number of nitrogens with one attached hydrogen (secondary N) is 1. The Morgan fingerprint density at radius 1 is 1.59 bits per heavy atom. The molecule has 5 heteroatoms. The van der Waals surface area contributed by atoms with Gasteiger partial charge < -0.3 is 11.1 Å². The third kappa shape index (κ3) is 4.09. The highest BCUT2D eigenvalue weighted by molar-refractivity contribution is 9.10. The highest BCUT2D eigenvalue weighted by Crippen LogP contribution is 2.17. The van der Waals surface area contributed by atoms with Crippen LogP contribution in [0.15, 0.2) is 16.7 Å². The average molecular weight is 300 g/mol. The van der Waals surface area contributed by atoms with Gasteiger partial charge in [0, 0.05) is 6.54 Å². The maximum absolute atomic E-state index is 11.9. The van der Waals surface area contributed by atoms with E-state index in [9.17, 15) is 4.79 Å². The van der Waals surface area contributed by atoms with Crippen LogP contribution in [-0.4, -0.2) is 17.4 Å². The summed E-state index contributed by atoms with van der Waals surface area (Å²) in [5.41, 5.74) is 7.13. The van der Waals surface area contributed by atoms with Crippen molar-refractivity contribution in [3.63, 3.8) is 0 Å². The summed E-state index contributed by atoms with van der Waals surface area (Å²) >= 11 is 3.29. The minimum absolute atomic E-state index is 0.0263. The zero-order valence-electron chi connectivity index (χ0n) is 10.2. The number of carbonyl (C=O) groups excluding carboxylic acids is 1. The summed E-state index contributed by atoms with van der Waals surface area (Å²) in [6, 6.07) is 3.64. The summed E-state index contributed by atoms with van der Waals surface area (Å²) in [6.07, 6.45) is 1.76. The Bertz CT molecular complexity index is 395. The molecule has 0 fully saturated rings. The molecule has 1 unspecified atom stereocenters. The number of aromatic nitrogens is 1. The molecule has 1 aromatic rings. The van der Waals surface area contributed by atoms with Gasteiger partial charge in [0.2, 0.25) is 5.91 Å². The van der Waals surface area contributed by atoms with Crippen molar-refractivity contribution in [3.8, 4) is 0 Å². The number of carbonyl (C=O) groups is 1. The van der Waals surface area contributed by atoms with Gasteiger partial charge in [-0.1, -0.05) is 13.3 Å². The second-order valence-electron chi connectivity index (χ2n) is 3.98. The van der Waals surface area contributed by atoms with E-state index in [1.54, 1.807) is 6.07 Å². The van der Waals surface area contributed by atoms with Crippen LogP contribution in [0.4, 0.5) is 5.69 Å². The Morgan fingerprint density at radius 2 is 2.29 bits per heavy atom. The number of nitrogens with two attached hydrogens (primary N) is 1. The van der Waals surface area contributed by atoms with Crippen LogP contribution in [0.25, 0.3) is 0 Å². The first-order valence-corrected chi connectivity index (χ1v) is 6.51.